The van der Waals surface area contributed by atoms with Crippen molar-refractivity contribution in [3.05, 3.63) is 29.3 Å². The summed E-state index contributed by atoms with van der Waals surface area (Å²) in [6.07, 6.45) is 0.869. The molecule has 5 heteroatoms. The molecule has 4 nitrogen and oxygen atoms in total. The molecule has 0 radical (unpaired) electrons. The van der Waals surface area contributed by atoms with Crippen LogP contribution in [0.25, 0.3) is 0 Å². The van der Waals surface area contributed by atoms with Crippen molar-refractivity contribution in [2.45, 2.75) is 20.3 Å². The van der Waals surface area contributed by atoms with Crippen LogP contribution in [0, 0.1) is 6.92 Å². The molecule has 0 aliphatic rings. The summed E-state index contributed by atoms with van der Waals surface area (Å²) in [6, 6.07) is 6.06. The normalized spacial score (nSPS) is 10.7. The van der Waals surface area contributed by atoms with Crippen molar-refractivity contribution < 1.29 is 14.3 Å². The third-order valence-corrected chi connectivity index (χ3v) is 3.51. The quantitative estimate of drug-likeness (QED) is 0.520. The number of alkyl halides is 1. The van der Waals surface area contributed by atoms with Crippen LogP contribution in [0.2, 0.25) is 0 Å². The molecule has 0 N–H and O–H groups in total. The van der Waals surface area contributed by atoms with Gasteiger partial charge in [-0.15, -0.1) is 11.6 Å². The summed E-state index contributed by atoms with van der Waals surface area (Å²) in [4.78, 5) is 13.9. The number of nitrogens with zero attached hydrogens (tertiary/aromatic N) is 1. The number of carbonyl (C=O) groups excluding carboxylic acids is 1. The van der Waals surface area contributed by atoms with Crippen molar-refractivity contribution in [3.8, 4) is 0 Å². The monoisotopic (exact) mass is 313 g/mol. The Morgan fingerprint density at radius 2 is 2.05 bits per heavy atom. The number of carbonyl (C=O) groups is 1. The van der Waals surface area contributed by atoms with Crippen molar-refractivity contribution >= 4 is 23.2 Å². The molecular formula is C16H24ClNO3. The maximum absolute atomic E-state index is 12.2. The van der Waals surface area contributed by atoms with Gasteiger partial charge in [-0.3, -0.25) is 4.79 Å². The molecule has 0 aromatic heterocycles. The van der Waals surface area contributed by atoms with E-state index in [-0.39, 0.29) is 11.8 Å². The zero-order chi connectivity index (χ0) is 15.7. The summed E-state index contributed by atoms with van der Waals surface area (Å²) in [5.41, 5.74) is 3.18. The number of aryl methyl sites for hydroxylation is 2. The van der Waals surface area contributed by atoms with E-state index in [9.17, 15) is 4.79 Å². The van der Waals surface area contributed by atoms with Crippen LogP contribution in [0.1, 0.15) is 18.1 Å². The molecule has 0 saturated carbocycles. The molecule has 0 bridgehead atoms. The Hall–Kier alpha value is -1.10. The molecule has 0 atom stereocenters. The van der Waals surface area contributed by atoms with Crippen molar-refractivity contribution in [2.24, 2.45) is 0 Å². The number of hydrogen-bond donors (Lipinski definition) is 0. The fourth-order valence-corrected chi connectivity index (χ4v) is 2.37. The zero-order valence-corrected chi connectivity index (χ0v) is 13.8. The Morgan fingerprint density at radius 3 is 2.67 bits per heavy atom. The van der Waals surface area contributed by atoms with Gasteiger partial charge in [0.25, 0.3) is 0 Å². The van der Waals surface area contributed by atoms with Gasteiger partial charge in [0.1, 0.15) is 5.88 Å². The van der Waals surface area contributed by atoms with Crippen LogP contribution in [0.5, 0.6) is 0 Å². The van der Waals surface area contributed by atoms with Crippen LogP contribution in [0.15, 0.2) is 18.2 Å². The second-order valence-corrected chi connectivity index (χ2v) is 4.99. The average molecular weight is 314 g/mol. The van der Waals surface area contributed by atoms with Gasteiger partial charge >= 0.3 is 0 Å². The number of para-hydroxylation sites is 1. The Morgan fingerprint density at radius 1 is 1.29 bits per heavy atom. The lowest BCUT2D eigenvalue weighted by Gasteiger charge is -2.26. The Kier molecular flexibility index (Phi) is 8.35. The highest BCUT2D eigenvalue weighted by atomic mass is 35.5. The van der Waals surface area contributed by atoms with E-state index in [2.05, 4.69) is 6.92 Å². The minimum Gasteiger partial charge on any atom is -0.382 e. The van der Waals surface area contributed by atoms with Gasteiger partial charge in [-0.2, -0.15) is 0 Å². The minimum absolute atomic E-state index is 0.0322. The molecule has 0 fully saturated rings. The van der Waals surface area contributed by atoms with E-state index in [1.807, 2.05) is 25.1 Å². The largest absolute Gasteiger partial charge is 0.382 e. The number of amides is 1. The molecule has 1 aromatic rings. The highest BCUT2D eigenvalue weighted by molar-refractivity contribution is 6.29. The predicted octanol–water partition coefficient (Wildman–Crippen LogP) is 2.79. The van der Waals surface area contributed by atoms with E-state index in [4.69, 9.17) is 21.1 Å². The van der Waals surface area contributed by atoms with Crippen LogP contribution >= 0.6 is 11.6 Å². The van der Waals surface area contributed by atoms with Gasteiger partial charge in [0.15, 0.2) is 0 Å². The van der Waals surface area contributed by atoms with Crippen LogP contribution in [-0.4, -0.2) is 45.3 Å². The van der Waals surface area contributed by atoms with Crippen LogP contribution < -0.4 is 4.90 Å². The summed E-state index contributed by atoms with van der Waals surface area (Å²) in [7, 11) is 1.63. The van der Waals surface area contributed by atoms with Gasteiger partial charge in [-0.1, -0.05) is 25.1 Å². The van der Waals surface area contributed by atoms with Gasteiger partial charge < -0.3 is 14.4 Å². The highest BCUT2D eigenvalue weighted by Crippen LogP contribution is 2.26. The van der Waals surface area contributed by atoms with Crippen LogP contribution in [-0.2, 0) is 20.7 Å². The maximum Gasteiger partial charge on any atom is 0.242 e. The summed E-state index contributed by atoms with van der Waals surface area (Å²) >= 11 is 5.76. The first-order valence-corrected chi connectivity index (χ1v) is 7.70. The molecule has 118 valence electrons. The lowest BCUT2D eigenvalue weighted by molar-refractivity contribution is -0.116. The standard InChI is InChI=1S/C16H24ClNO3/c1-4-14-7-5-6-13(2)16(14)18(15(19)12-17)8-9-21-11-10-20-3/h5-7H,4,8-12H2,1-3H3. The zero-order valence-electron chi connectivity index (χ0n) is 13.0. The molecule has 1 aromatic carbocycles. The van der Waals surface area contributed by atoms with Crippen molar-refractivity contribution in [3.63, 3.8) is 0 Å². The first kappa shape index (κ1) is 18.0. The topological polar surface area (TPSA) is 38.8 Å². The lowest BCUT2D eigenvalue weighted by Crippen LogP contribution is -2.36. The van der Waals surface area contributed by atoms with Gasteiger partial charge in [0, 0.05) is 19.3 Å². The number of ether oxygens (including phenoxy) is 2. The van der Waals surface area contributed by atoms with E-state index in [0.29, 0.717) is 26.4 Å². The molecule has 0 unspecified atom stereocenters. The molecule has 0 aliphatic heterocycles. The maximum atomic E-state index is 12.2. The number of rotatable bonds is 9. The number of anilines is 1. The predicted molar refractivity (Wildman–Crippen MR) is 86.3 cm³/mol. The Labute approximate surface area is 132 Å². The number of methoxy groups -OCH3 is 1. The van der Waals surface area contributed by atoms with Crippen molar-refractivity contribution in [2.75, 3.05) is 44.3 Å². The molecular weight excluding hydrogens is 290 g/mol. The van der Waals surface area contributed by atoms with E-state index in [1.165, 1.54) is 0 Å². The molecule has 0 heterocycles. The first-order valence-electron chi connectivity index (χ1n) is 7.17. The van der Waals surface area contributed by atoms with Crippen LogP contribution in [0.3, 0.4) is 0 Å². The minimum atomic E-state index is -0.101. The summed E-state index contributed by atoms with van der Waals surface area (Å²) in [5, 5.41) is 0. The number of hydrogen-bond acceptors (Lipinski definition) is 3. The van der Waals surface area contributed by atoms with Crippen LogP contribution in [0.4, 0.5) is 5.69 Å². The fraction of sp³-hybridized carbons (Fsp3) is 0.562. The SMILES string of the molecule is CCc1cccc(C)c1N(CCOCCOC)C(=O)CCl. The lowest BCUT2D eigenvalue weighted by atomic mass is 10.0. The van der Waals surface area contributed by atoms with E-state index >= 15 is 0 Å². The Balaban J connectivity index is 2.85. The second kappa shape index (κ2) is 9.77. The fourth-order valence-electron chi connectivity index (χ4n) is 2.22. The van der Waals surface area contributed by atoms with E-state index in [0.717, 1.165) is 23.2 Å². The molecule has 21 heavy (non-hydrogen) atoms. The van der Waals surface area contributed by atoms with Gasteiger partial charge in [-0.25, -0.2) is 0 Å². The summed E-state index contributed by atoms with van der Waals surface area (Å²) in [5.74, 6) is -0.133. The number of benzene rings is 1. The van der Waals surface area contributed by atoms with Gasteiger partial charge in [-0.05, 0) is 24.5 Å². The van der Waals surface area contributed by atoms with Gasteiger partial charge in [0.05, 0.1) is 19.8 Å². The van der Waals surface area contributed by atoms with Crippen molar-refractivity contribution in [1.29, 1.82) is 0 Å². The average Bonchev–Trinajstić information content (AvgIpc) is 2.50. The molecule has 0 spiro atoms. The van der Waals surface area contributed by atoms with E-state index in [1.54, 1.807) is 12.0 Å². The molecule has 0 saturated heterocycles. The van der Waals surface area contributed by atoms with Gasteiger partial charge in [0.2, 0.25) is 5.91 Å². The molecule has 1 rings (SSSR count). The Bertz CT molecular complexity index is 451. The smallest absolute Gasteiger partial charge is 0.242 e. The molecule has 0 aliphatic carbocycles. The highest BCUT2D eigenvalue weighted by Gasteiger charge is 2.19. The second-order valence-electron chi connectivity index (χ2n) is 4.72. The van der Waals surface area contributed by atoms with E-state index < -0.39 is 0 Å². The third kappa shape index (κ3) is 5.30. The summed E-state index contributed by atoms with van der Waals surface area (Å²) in [6.45, 7) is 6.12. The van der Waals surface area contributed by atoms with Crippen molar-refractivity contribution in [1.82, 2.24) is 0 Å². The molecule has 1 amide bonds. The third-order valence-electron chi connectivity index (χ3n) is 3.28. The summed E-state index contributed by atoms with van der Waals surface area (Å²) < 4.78 is 10.4. The first-order chi connectivity index (χ1) is 10.2. The number of halogens is 1.